The molecular formula is C19H19F3N4O. The van der Waals surface area contributed by atoms with Gasteiger partial charge in [0, 0.05) is 36.6 Å². The highest BCUT2D eigenvalue weighted by atomic mass is 19.4. The highest BCUT2D eigenvalue weighted by Crippen LogP contribution is 2.29. The topological polar surface area (TPSA) is 52.0 Å². The second-order valence-corrected chi connectivity index (χ2v) is 6.07. The van der Waals surface area contributed by atoms with Crippen LogP contribution in [0.4, 0.5) is 13.2 Å². The number of aromatic nitrogens is 3. The summed E-state index contributed by atoms with van der Waals surface area (Å²) < 4.78 is 44.6. The number of rotatable bonds is 6. The summed E-state index contributed by atoms with van der Waals surface area (Å²) in [5.41, 5.74) is 1.85. The van der Waals surface area contributed by atoms with Gasteiger partial charge < -0.3 is 10.1 Å². The van der Waals surface area contributed by atoms with Gasteiger partial charge in [-0.2, -0.15) is 18.3 Å². The molecule has 0 spiro atoms. The van der Waals surface area contributed by atoms with Crippen LogP contribution in [0.3, 0.4) is 0 Å². The summed E-state index contributed by atoms with van der Waals surface area (Å²) in [6.07, 6.45) is 0.818. The average Bonchev–Trinajstić information content (AvgIpc) is 3.14. The molecule has 0 aliphatic heterocycles. The van der Waals surface area contributed by atoms with Crippen LogP contribution in [-0.4, -0.2) is 21.9 Å². The van der Waals surface area contributed by atoms with Crippen LogP contribution in [-0.2, 0) is 12.7 Å². The van der Waals surface area contributed by atoms with Crippen molar-refractivity contribution < 1.29 is 17.9 Å². The lowest BCUT2D eigenvalue weighted by atomic mass is 10.1. The third-order valence-corrected chi connectivity index (χ3v) is 4.18. The van der Waals surface area contributed by atoms with E-state index in [0.717, 1.165) is 23.3 Å². The minimum atomic E-state index is -4.34. The van der Waals surface area contributed by atoms with Crippen LogP contribution in [0.1, 0.15) is 29.7 Å². The second kappa shape index (κ2) is 7.79. The number of methoxy groups -OCH3 is 1. The fourth-order valence-electron chi connectivity index (χ4n) is 2.59. The van der Waals surface area contributed by atoms with Gasteiger partial charge in [0.05, 0.1) is 24.6 Å². The number of hydrogen-bond donors (Lipinski definition) is 1. The Balaban J connectivity index is 1.64. The first-order valence-electron chi connectivity index (χ1n) is 8.31. The Morgan fingerprint density at radius 1 is 1.19 bits per heavy atom. The Morgan fingerprint density at radius 2 is 1.93 bits per heavy atom. The summed E-state index contributed by atoms with van der Waals surface area (Å²) in [5.74, 6) is 0.552. The first kappa shape index (κ1) is 18.9. The standard InChI is InChI=1S/C19H19F3N4O/c1-13(15-7-8-23-18(9-15)27-2)24-10-14-11-25-26(12-14)17-5-3-16(4-6-17)19(20,21)22/h3-9,11-13,24H,10H2,1-2H3. The number of nitrogens with zero attached hydrogens (tertiary/aromatic N) is 3. The number of nitrogens with one attached hydrogen (secondary N) is 1. The fraction of sp³-hybridized carbons (Fsp3) is 0.263. The Hall–Kier alpha value is -2.87. The van der Waals surface area contributed by atoms with E-state index in [1.807, 2.05) is 19.1 Å². The molecule has 2 heterocycles. The van der Waals surface area contributed by atoms with Gasteiger partial charge in [-0.3, -0.25) is 0 Å². The van der Waals surface area contributed by atoms with E-state index in [1.165, 1.54) is 12.1 Å². The molecule has 0 aliphatic carbocycles. The molecular weight excluding hydrogens is 357 g/mol. The van der Waals surface area contributed by atoms with Gasteiger partial charge in [-0.15, -0.1) is 0 Å². The van der Waals surface area contributed by atoms with Crippen LogP contribution < -0.4 is 10.1 Å². The zero-order valence-corrected chi connectivity index (χ0v) is 14.9. The SMILES string of the molecule is COc1cc(C(C)NCc2cnn(-c3ccc(C(F)(F)F)cc3)c2)ccn1. The van der Waals surface area contributed by atoms with Crippen molar-refractivity contribution in [3.05, 3.63) is 71.7 Å². The smallest absolute Gasteiger partial charge is 0.416 e. The summed E-state index contributed by atoms with van der Waals surface area (Å²) in [6, 6.07) is 8.74. The predicted molar refractivity (Wildman–Crippen MR) is 94.6 cm³/mol. The van der Waals surface area contributed by atoms with Crippen LogP contribution >= 0.6 is 0 Å². The maximum atomic E-state index is 12.6. The van der Waals surface area contributed by atoms with E-state index < -0.39 is 11.7 Å². The maximum absolute atomic E-state index is 12.6. The van der Waals surface area contributed by atoms with Crippen LogP contribution in [0.5, 0.6) is 5.88 Å². The summed E-state index contributed by atoms with van der Waals surface area (Å²) in [6.45, 7) is 2.58. The van der Waals surface area contributed by atoms with E-state index >= 15 is 0 Å². The van der Waals surface area contributed by atoms with Crippen LogP contribution in [0.25, 0.3) is 5.69 Å². The summed E-state index contributed by atoms with van der Waals surface area (Å²) in [5, 5.41) is 7.60. The van der Waals surface area contributed by atoms with Gasteiger partial charge in [0.2, 0.25) is 5.88 Å². The van der Waals surface area contributed by atoms with E-state index in [9.17, 15) is 13.2 Å². The molecule has 0 bridgehead atoms. The molecule has 1 unspecified atom stereocenters. The van der Waals surface area contributed by atoms with Crippen LogP contribution in [0.2, 0.25) is 0 Å². The van der Waals surface area contributed by atoms with Crippen molar-refractivity contribution in [1.82, 2.24) is 20.1 Å². The Bertz CT molecular complexity index is 890. The number of pyridine rings is 1. The molecule has 0 aliphatic rings. The molecule has 0 radical (unpaired) electrons. The molecule has 3 aromatic rings. The lowest BCUT2D eigenvalue weighted by molar-refractivity contribution is -0.137. The predicted octanol–water partition coefficient (Wildman–Crippen LogP) is 4.15. The number of benzene rings is 1. The highest BCUT2D eigenvalue weighted by molar-refractivity contribution is 5.35. The van der Waals surface area contributed by atoms with E-state index in [1.54, 1.807) is 30.4 Å². The zero-order chi connectivity index (χ0) is 19.4. The van der Waals surface area contributed by atoms with E-state index in [2.05, 4.69) is 15.4 Å². The lowest BCUT2D eigenvalue weighted by Gasteiger charge is -2.14. The highest BCUT2D eigenvalue weighted by Gasteiger charge is 2.30. The van der Waals surface area contributed by atoms with Crippen LogP contribution in [0.15, 0.2) is 55.0 Å². The van der Waals surface area contributed by atoms with E-state index in [0.29, 0.717) is 18.1 Å². The summed E-state index contributed by atoms with van der Waals surface area (Å²) in [7, 11) is 1.57. The molecule has 142 valence electrons. The van der Waals surface area contributed by atoms with E-state index in [-0.39, 0.29) is 6.04 Å². The van der Waals surface area contributed by atoms with Crippen molar-refractivity contribution in [2.45, 2.75) is 25.7 Å². The van der Waals surface area contributed by atoms with Gasteiger partial charge in [-0.05, 0) is 42.8 Å². The van der Waals surface area contributed by atoms with Crippen molar-refractivity contribution in [2.75, 3.05) is 7.11 Å². The van der Waals surface area contributed by atoms with Gasteiger partial charge in [-0.25, -0.2) is 9.67 Å². The normalized spacial score (nSPS) is 12.8. The Labute approximate surface area is 154 Å². The second-order valence-electron chi connectivity index (χ2n) is 6.07. The molecule has 0 fully saturated rings. The number of alkyl halides is 3. The average molecular weight is 376 g/mol. The van der Waals surface area contributed by atoms with Gasteiger partial charge in [0.15, 0.2) is 0 Å². The van der Waals surface area contributed by atoms with Crippen molar-refractivity contribution >= 4 is 0 Å². The van der Waals surface area contributed by atoms with Crippen molar-refractivity contribution in [3.8, 4) is 11.6 Å². The minimum absolute atomic E-state index is 0.0660. The fourth-order valence-corrected chi connectivity index (χ4v) is 2.59. The molecule has 0 saturated heterocycles. The van der Waals surface area contributed by atoms with Crippen molar-refractivity contribution in [3.63, 3.8) is 0 Å². The lowest BCUT2D eigenvalue weighted by Crippen LogP contribution is -2.18. The molecule has 0 saturated carbocycles. The monoisotopic (exact) mass is 376 g/mol. The van der Waals surface area contributed by atoms with Gasteiger partial charge in [0.25, 0.3) is 0 Å². The molecule has 8 heteroatoms. The minimum Gasteiger partial charge on any atom is -0.481 e. The van der Waals surface area contributed by atoms with Gasteiger partial charge >= 0.3 is 6.18 Å². The molecule has 5 nitrogen and oxygen atoms in total. The van der Waals surface area contributed by atoms with Crippen molar-refractivity contribution in [2.24, 2.45) is 0 Å². The van der Waals surface area contributed by atoms with Gasteiger partial charge in [-0.1, -0.05) is 0 Å². The first-order valence-corrected chi connectivity index (χ1v) is 8.31. The molecule has 1 atom stereocenters. The number of halogens is 3. The Morgan fingerprint density at radius 3 is 2.59 bits per heavy atom. The summed E-state index contributed by atoms with van der Waals surface area (Å²) in [4.78, 5) is 4.08. The van der Waals surface area contributed by atoms with Crippen molar-refractivity contribution in [1.29, 1.82) is 0 Å². The first-order chi connectivity index (χ1) is 12.9. The number of ether oxygens (including phenoxy) is 1. The largest absolute Gasteiger partial charge is 0.481 e. The number of hydrogen-bond acceptors (Lipinski definition) is 4. The Kier molecular flexibility index (Phi) is 5.46. The molecule has 0 amide bonds. The summed E-state index contributed by atoms with van der Waals surface area (Å²) >= 11 is 0. The molecule has 1 N–H and O–H groups in total. The molecule has 27 heavy (non-hydrogen) atoms. The molecule has 2 aromatic heterocycles. The van der Waals surface area contributed by atoms with Gasteiger partial charge in [0.1, 0.15) is 0 Å². The van der Waals surface area contributed by atoms with E-state index in [4.69, 9.17) is 4.74 Å². The molecule has 3 rings (SSSR count). The third-order valence-electron chi connectivity index (χ3n) is 4.18. The van der Waals surface area contributed by atoms with Crippen LogP contribution in [0, 0.1) is 0 Å². The maximum Gasteiger partial charge on any atom is 0.416 e. The molecule has 1 aromatic carbocycles. The zero-order valence-electron chi connectivity index (χ0n) is 14.9. The third kappa shape index (κ3) is 4.65. The quantitative estimate of drug-likeness (QED) is 0.702.